The molecule has 6 heteroatoms. The quantitative estimate of drug-likeness (QED) is 0.811. The molecule has 1 heterocycles. The summed E-state index contributed by atoms with van der Waals surface area (Å²) in [6.07, 6.45) is 2.72. The summed E-state index contributed by atoms with van der Waals surface area (Å²) in [4.78, 5) is 3.78. The second-order valence-corrected chi connectivity index (χ2v) is 4.99. The number of pyridine rings is 1. The first-order chi connectivity index (χ1) is 8.09. The van der Waals surface area contributed by atoms with Gasteiger partial charge in [0.1, 0.15) is 10.6 Å². The minimum absolute atomic E-state index is 0.0447. The van der Waals surface area contributed by atoms with Gasteiger partial charge in [-0.15, -0.1) is 0 Å². The molecule has 88 valence electrons. The van der Waals surface area contributed by atoms with Crippen LogP contribution in [0.2, 0.25) is 0 Å². The summed E-state index contributed by atoms with van der Waals surface area (Å²) in [6.45, 7) is 0. The topological polar surface area (TPSA) is 79.3 Å². The van der Waals surface area contributed by atoms with Crippen molar-refractivity contribution in [3.8, 4) is 5.75 Å². The lowest BCUT2D eigenvalue weighted by Crippen LogP contribution is -2.13. The van der Waals surface area contributed by atoms with Gasteiger partial charge in [0.25, 0.3) is 10.0 Å². The van der Waals surface area contributed by atoms with Crippen molar-refractivity contribution in [2.75, 3.05) is 4.72 Å². The molecule has 0 atom stereocenters. The Hall–Kier alpha value is -2.08. The molecule has 0 aliphatic carbocycles. The lowest BCUT2D eigenvalue weighted by molar-refractivity contribution is 0.477. The van der Waals surface area contributed by atoms with Crippen LogP contribution in [-0.2, 0) is 10.0 Å². The number of sulfonamides is 1. The Labute approximate surface area is 98.8 Å². The molecule has 0 amide bonds. The summed E-state index contributed by atoms with van der Waals surface area (Å²) in [6, 6.07) is 9.07. The van der Waals surface area contributed by atoms with Crippen LogP contribution < -0.4 is 4.72 Å². The highest BCUT2D eigenvalue weighted by atomic mass is 32.2. The minimum Gasteiger partial charge on any atom is -0.506 e. The van der Waals surface area contributed by atoms with E-state index < -0.39 is 10.0 Å². The molecule has 2 N–H and O–H groups in total. The van der Waals surface area contributed by atoms with Crippen LogP contribution in [0.1, 0.15) is 0 Å². The first kappa shape index (κ1) is 11.4. The van der Waals surface area contributed by atoms with E-state index in [0.717, 1.165) is 0 Å². The molecule has 5 nitrogen and oxygen atoms in total. The predicted octanol–water partition coefficient (Wildman–Crippen LogP) is 1.59. The number of para-hydroxylation sites is 2. The summed E-state index contributed by atoms with van der Waals surface area (Å²) in [5, 5.41) is 9.48. The first-order valence-electron chi connectivity index (χ1n) is 4.80. The van der Waals surface area contributed by atoms with Gasteiger partial charge >= 0.3 is 0 Å². The standard InChI is InChI=1S/C11H10N2O3S/c14-11-6-2-1-5-10(11)13-17(15,16)9-4-3-7-12-8-9/h1-8,13-14H. The molecule has 17 heavy (non-hydrogen) atoms. The van der Waals surface area contributed by atoms with E-state index in [9.17, 15) is 13.5 Å². The molecule has 2 rings (SSSR count). The lowest BCUT2D eigenvalue weighted by atomic mass is 10.3. The van der Waals surface area contributed by atoms with Crippen LogP contribution >= 0.6 is 0 Å². The SMILES string of the molecule is O=S(=O)(Nc1ccccc1O)c1cccnc1. The molecule has 0 aliphatic rings. The average molecular weight is 250 g/mol. The highest BCUT2D eigenvalue weighted by molar-refractivity contribution is 7.92. The lowest BCUT2D eigenvalue weighted by Gasteiger charge is -2.08. The summed E-state index contributed by atoms with van der Waals surface area (Å²) >= 11 is 0. The third-order valence-corrected chi connectivity index (χ3v) is 3.44. The predicted molar refractivity (Wildman–Crippen MR) is 63.2 cm³/mol. The number of aromatic hydroxyl groups is 1. The molecule has 0 saturated carbocycles. The van der Waals surface area contributed by atoms with Crippen molar-refractivity contribution in [1.29, 1.82) is 0 Å². The van der Waals surface area contributed by atoms with E-state index in [1.165, 1.54) is 36.7 Å². The van der Waals surface area contributed by atoms with E-state index in [2.05, 4.69) is 9.71 Å². The number of hydrogen-bond donors (Lipinski definition) is 2. The van der Waals surface area contributed by atoms with E-state index in [1.54, 1.807) is 12.1 Å². The van der Waals surface area contributed by atoms with Crippen LogP contribution in [0.3, 0.4) is 0 Å². The largest absolute Gasteiger partial charge is 0.506 e. The number of anilines is 1. The summed E-state index contributed by atoms with van der Waals surface area (Å²) in [5.74, 6) is -0.125. The monoisotopic (exact) mass is 250 g/mol. The van der Waals surface area contributed by atoms with Gasteiger partial charge in [-0.1, -0.05) is 12.1 Å². The van der Waals surface area contributed by atoms with Crippen molar-refractivity contribution >= 4 is 15.7 Å². The molecule has 0 radical (unpaired) electrons. The Kier molecular flexibility index (Phi) is 2.97. The molecule has 0 bridgehead atoms. The van der Waals surface area contributed by atoms with Gasteiger partial charge in [-0.3, -0.25) is 9.71 Å². The average Bonchev–Trinajstić information content (AvgIpc) is 2.33. The third-order valence-electron chi connectivity index (χ3n) is 2.09. The molecule has 2 aromatic rings. The van der Waals surface area contributed by atoms with E-state index in [-0.39, 0.29) is 16.3 Å². The zero-order valence-electron chi connectivity index (χ0n) is 8.74. The van der Waals surface area contributed by atoms with Crippen molar-refractivity contribution < 1.29 is 13.5 Å². The van der Waals surface area contributed by atoms with E-state index in [0.29, 0.717) is 0 Å². The Bertz CT molecular complexity index is 612. The zero-order valence-corrected chi connectivity index (χ0v) is 9.55. The summed E-state index contributed by atoms with van der Waals surface area (Å²) < 4.78 is 26.1. The zero-order chi connectivity index (χ0) is 12.3. The Morgan fingerprint density at radius 1 is 1.12 bits per heavy atom. The van der Waals surface area contributed by atoms with E-state index in [4.69, 9.17) is 0 Å². The highest BCUT2D eigenvalue weighted by Crippen LogP contribution is 2.24. The van der Waals surface area contributed by atoms with Crippen molar-refractivity contribution in [1.82, 2.24) is 4.98 Å². The maximum Gasteiger partial charge on any atom is 0.263 e. The van der Waals surface area contributed by atoms with Crippen molar-refractivity contribution in [3.63, 3.8) is 0 Å². The fourth-order valence-electron chi connectivity index (χ4n) is 1.27. The van der Waals surface area contributed by atoms with Crippen LogP contribution in [-0.4, -0.2) is 18.5 Å². The van der Waals surface area contributed by atoms with Gasteiger partial charge in [-0.25, -0.2) is 8.42 Å². The highest BCUT2D eigenvalue weighted by Gasteiger charge is 2.15. The number of benzene rings is 1. The normalized spacial score (nSPS) is 11.1. The van der Waals surface area contributed by atoms with Gasteiger partial charge in [-0.05, 0) is 24.3 Å². The number of nitrogens with zero attached hydrogens (tertiary/aromatic N) is 1. The van der Waals surface area contributed by atoms with Gasteiger partial charge in [0.2, 0.25) is 0 Å². The molecular formula is C11H10N2O3S. The molecule has 0 fully saturated rings. The number of phenolic OH excluding ortho intramolecular Hbond substituents is 1. The Balaban J connectivity index is 2.34. The van der Waals surface area contributed by atoms with E-state index in [1.807, 2.05) is 0 Å². The fraction of sp³-hybridized carbons (Fsp3) is 0. The number of rotatable bonds is 3. The Morgan fingerprint density at radius 2 is 1.88 bits per heavy atom. The van der Waals surface area contributed by atoms with Gasteiger partial charge in [0.05, 0.1) is 5.69 Å². The molecule has 1 aromatic heterocycles. The summed E-state index contributed by atoms with van der Waals surface area (Å²) in [5.41, 5.74) is 0.136. The maximum absolute atomic E-state index is 11.9. The number of nitrogens with one attached hydrogen (secondary N) is 1. The fourth-order valence-corrected chi connectivity index (χ4v) is 2.31. The molecule has 0 spiro atoms. The molecule has 0 saturated heterocycles. The molecule has 0 unspecified atom stereocenters. The number of phenols is 1. The van der Waals surface area contributed by atoms with Crippen LogP contribution in [0.4, 0.5) is 5.69 Å². The van der Waals surface area contributed by atoms with Crippen LogP contribution in [0.15, 0.2) is 53.7 Å². The van der Waals surface area contributed by atoms with Crippen molar-refractivity contribution in [3.05, 3.63) is 48.8 Å². The Morgan fingerprint density at radius 3 is 2.53 bits per heavy atom. The second-order valence-electron chi connectivity index (χ2n) is 3.31. The third kappa shape index (κ3) is 2.54. The second kappa shape index (κ2) is 4.42. The molecule has 1 aromatic carbocycles. The molecule has 0 aliphatic heterocycles. The van der Waals surface area contributed by atoms with Gasteiger partial charge in [-0.2, -0.15) is 0 Å². The summed E-state index contributed by atoms with van der Waals surface area (Å²) in [7, 11) is -3.71. The number of aromatic nitrogens is 1. The van der Waals surface area contributed by atoms with Crippen LogP contribution in [0, 0.1) is 0 Å². The van der Waals surface area contributed by atoms with E-state index >= 15 is 0 Å². The maximum atomic E-state index is 11.9. The van der Waals surface area contributed by atoms with Crippen molar-refractivity contribution in [2.45, 2.75) is 4.90 Å². The van der Waals surface area contributed by atoms with Crippen LogP contribution in [0.5, 0.6) is 5.75 Å². The first-order valence-corrected chi connectivity index (χ1v) is 6.29. The van der Waals surface area contributed by atoms with Gasteiger partial charge in [0.15, 0.2) is 0 Å². The minimum atomic E-state index is -3.71. The van der Waals surface area contributed by atoms with Crippen LogP contribution in [0.25, 0.3) is 0 Å². The van der Waals surface area contributed by atoms with Crippen molar-refractivity contribution in [2.24, 2.45) is 0 Å². The van der Waals surface area contributed by atoms with Gasteiger partial charge in [0, 0.05) is 12.4 Å². The smallest absolute Gasteiger partial charge is 0.263 e. The molecular weight excluding hydrogens is 240 g/mol. The van der Waals surface area contributed by atoms with Gasteiger partial charge < -0.3 is 5.11 Å². The number of hydrogen-bond acceptors (Lipinski definition) is 4.